The van der Waals surface area contributed by atoms with Crippen molar-refractivity contribution in [1.29, 1.82) is 0 Å². The van der Waals surface area contributed by atoms with Crippen molar-refractivity contribution < 1.29 is 9.31 Å². The summed E-state index contributed by atoms with van der Waals surface area (Å²) in [5.74, 6) is 0.662. The van der Waals surface area contributed by atoms with Gasteiger partial charge in [-0.1, -0.05) is 6.07 Å². The van der Waals surface area contributed by atoms with Crippen molar-refractivity contribution in [2.24, 2.45) is 0 Å². The largest absolute Gasteiger partial charge is 0.518 e. The fraction of sp³-hybridized carbons (Fsp3) is 0.462. The minimum absolute atomic E-state index is 0.382. The van der Waals surface area contributed by atoms with E-state index in [1.807, 2.05) is 45.9 Å². The first-order valence-electron chi connectivity index (χ1n) is 6.58. The van der Waals surface area contributed by atoms with E-state index < -0.39 is 7.12 Å². The van der Waals surface area contributed by atoms with E-state index in [0.29, 0.717) is 11.4 Å². The predicted molar refractivity (Wildman–Crippen MR) is 74.9 cm³/mol. The first-order chi connectivity index (χ1) is 9.39. The van der Waals surface area contributed by atoms with Crippen molar-refractivity contribution in [1.82, 2.24) is 20.0 Å². The molecule has 0 saturated carbocycles. The maximum Gasteiger partial charge on any atom is 0.518 e. The molecule has 6 nitrogen and oxygen atoms in total. The topological polar surface area (TPSA) is 62.1 Å². The zero-order valence-electron chi connectivity index (χ0n) is 12.1. The van der Waals surface area contributed by atoms with Crippen LogP contribution in [0.3, 0.4) is 0 Å². The Bertz CT molecular complexity index is 596. The van der Waals surface area contributed by atoms with E-state index in [0.717, 1.165) is 0 Å². The van der Waals surface area contributed by atoms with Gasteiger partial charge in [0.1, 0.15) is 5.59 Å². The van der Waals surface area contributed by atoms with Crippen molar-refractivity contribution in [3.63, 3.8) is 0 Å². The van der Waals surface area contributed by atoms with E-state index in [4.69, 9.17) is 9.31 Å². The molecule has 0 radical (unpaired) electrons. The number of hydrogen-bond acceptors (Lipinski definition) is 5. The Morgan fingerprint density at radius 2 is 1.80 bits per heavy atom. The molecule has 2 aromatic heterocycles. The molecule has 0 aromatic carbocycles. The van der Waals surface area contributed by atoms with E-state index >= 15 is 0 Å². The van der Waals surface area contributed by atoms with Gasteiger partial charge in [0.05, 0.1) is 17.4 Å². The average Bonchev–Trinajstić information content (AvgIpc) is 2.94. The third kappa shape index (κ3) is 2.12. The number of rotatable bonds is 2. The highest BCUT2D eigenvalue weighted by Gasteiger charge is 2.52. The van der Waals surface area contributed by atoms with Gasteiger partial charge in [-0.15, -0.1) is 4.80 Å². The van der Waals surface area contributed by atoms with Crippen LogP contribution < -0.4 is 5.59 Å². The Balaban J connectivity index is 1.86. The molecular weight excluding hydrogens is 255 g/mol. The second-order valence-electron chi connectivity index (χ2n) is 5.84. The molecule has 0 bridgehead atoms. The molecule has 3 heterocycles. The Labute approximate surface area is 118 Å². The smallest absolute Gasteiger partial charge is 0.398 e. The molecule has 1 saturated heterocycles. The molecule has 0 atom stereocenters. The van der Waals surface area contributed by atoms with Crippen molar-refractivity contribution in [2.75, 3.05) is 0 Å². The van der Waals surface area contributed by atoms with Crippen molar-refractivity contribution in [3.8, 4) is 5.82 Å². The van der Waals surface area contributed by atoms with Crippen LogP contribution in [0.4, 0.5) is 0 Å². The molecule has 0 aliphatic carbocycles. The van der Waals surface area contributed by atoms with Gasteiger partial charge in [0, 0.05) is 6.20 Å². The van der Waals surface area contributed by atoms with Crippen LogP contribution in [-0.2, 0) is 9.31 Å². The summed E-state index contributed by atoms with van der Waals surface area (Å²) < 4.78 is 11.9. The van der Waals surface area contributed by atoms with E-state index in [1.165, 1.54) is 4.80 Å². The van der Waals surface area contributed by atoms with E-state index in [2.05, 4.69) is 15.2 Å². The molecule has 0 unspecified atom stereocenters. The molecule has 20 heavy (non-hydrogen) atoms. The van der Waals surface area contributed by atoms with Gasteiger partial charge in [0.2, 0.25) is 0 Å². The lowest BCUT2D eigenvalue weighted by Crippen LogP contribution is -2.41. The predicted octanol–water partition coefficient (Wildman–Crippen LogP) is 0.961. The van der Waals surface area contributed by atoms with Crippen LogP contribution in [0.15, 0.2) is 30.6 Å². The molecule has 7 heteroatoms. The lowest BCUT2D eigenvalue weighted by atomic mass is 9.86. The van der Waals surface area contributed by atoms with Gasteiger partial charge in [-0.25, -0.2) is 4.98 Å². The minimum Gasteiger partial charge on any atom is -0.398 e. The van der Waals surface area contributed by atoms with Crippen molar-refractivity contribution in [3.05, 3.63) is 30.6 Å². The molecule has 3 rings (SSSR count). The summed E-state index contributed by atoms with van der Waals surface area (Å²) in [6, 6.07) is 5.58. The van der Waals surface area contributed by atoms with Crippen LogP contribution in [0.2, 0.25) is 0 Å². The third-order valence-electron chi connectivity index (χ3n) is 3.86. The maximum absolute atomic E-state index is 5.94. The zero-order valence-corrected chi connectivity index (χ0v) is 12.1. The average molecular weight is 272 g/mol. The van der Waals surface area contributed by atoms with Gasteiger partial charge in [-0.3, -0.25) is 0 Å². The van der Waals surface area contributed by atoms with Gasteiger partial charge in [0.15, 0.2) is 5.82 Å². The molecule has 1 aliphatic rings. The highest BCUT2D eigenvalue weighted by molar-refractivity contribution is 6.61. The van der Waals surface area contributed by atoms with Crippen LogP contribution >= 0.6 is 0 Å². The van der Waals surface area contributed by atoms with Gasteiger partial charge in [-0.2, -0.15) is 10.2 Å². The van der Waals surface area contributed by atoms with Crippen LogP contribution in [0.1, 0.15) is 27.7 Å². The van der Waals surface area contributed by atoms with E-state index in [-0.39, 0.29) is 11.2 Å². The molecule has 1 aliphatic heterocycles. The number of nitrogens with zero attached hydrogens (tertiary/aromatic N) is 4. The van der Waals surface area contributed by atoms with Gasteiger partial charge < -0.3 is 9.31 Å². The van der Waals surface area contributed by atoms with Crippen molar-refractivity contribution >= 4 is 12.7 Å². The van der Waals surface area contributed by atoms with Crippen LogP contribution in [-0.4, -0.2) is 38.3 Å². The quantitative estimate of drug-likeness (QED) is 0.762. The Kier molecular flexibility index (Phi) is 2.91. The highest BCUT2D eigenvalue weighted by atomic mass is 16.7. The summed E-state index contributed by atoms with van der Waals surface area (Å²) in [6.07, 6.45) is 3.35. The number of hydrogen-bond donors (Lipinski definition) is 0. The molecule has 0 spiro atoms. The Hall–Kier alpha value is -1.73. The normalized spacial score (nSPS) is 20.3. The van der Waals surface area contributed by atoms with Crippen molar-refractivity contribution in [2.45, 2.75) is 38.9 Å². The minimum atomic E-state index is -0.502. The molecular formula is C13H17BN4O2. The van der Waals surface area contributed by atoms with Gasteiger partial charge in [-0.05, 0) is 39.8 Å². The number of aromatic nitrogens is 4. The second kappa shape index (κ2) is 4.39. The summed E-state index contributed by atoms with van der Waals surface area (Å²) in [6.45, 7) is 8.04. The summed E-state index contributed by atoms with van der Waals surface area (Å²) in [7, 11) is -0.502. The summed E-state index contributed by atoms with van der Waals surface area (Å²) in [4.78, 5) is 5.68. The SMILES string of the molecule is CC1(C)OB(c2cnn(-c3ccccn3)n2)OC1(C)C. The summed E-state index contributed by atoms with van der Waals surface area (Å²) >= 11 is 0. The molecule has 2 aromatic rings. The standard InChI is InChI=1S/C13H17BN4O2/c1-12(2)13(3,4)20-14(19-12)10-9-16-18(17-10)11-7-5-6-8-15-11/h5-9H,1-4H3. The van der Waals surface area contributed by atoms with Crippen LogP contribution in [0.5, 0.6) is 0 Å². The Morgan fingerprint density at radius 3 is 2.40 bits per heavy atom. The second-order valence-corrected chi connectivity index (χ2v) is 5.84. The monoisotopic (exact) mass is 272 g/mol. The fourth-order valence-corrected chi connectivity index (χ4v) is 1.93. The lowest BCUT2D eigenvalue weighted by molar-refractivity contribution is 0.00578. The molecule has 0 N–H and O–H groups in total. The third-order valence-corrected chi connectivity index (χ3v) is 3.86. The molecule has 1 fully saturated rings. The lowest BCUT2D eigenvalue weighted by Gasteiger charge is -2.32. The fourth-order valence-electron chi connectivity index (χ4n) is 1.93. The molecule has 104 valence electrons. The summed E-state index contributed by atoms with van der Waals surface area (Å²) in [5, 5.41) is 8.60. The maximum atomic E-state index is 5.94. The highest BCUT2D eigenvalue weighted by Crippen LogP contribution is 2.36. The van der Waals surface area contributed by atoms with E-state index in [9.17, 15) is 0 Å². The zero-order chi connectivity index (χ0) is 14.4. The molecule has 0 amide bonds. The van der Waals surface area contributed by atoms with E-state index in [1.54, 1.807) is 12.4 Å². The van der Waals surface area contributed by atoms with Gasteiger partial charge in [0.25, 0.3) is 0 Å². The van der Waals surface area contributed by atoms with Crippen LogP contribution in [0, 0.1) is 0 Å². The Morgan fingerprint density at radius 1 is 1.10 bits per heavy atom. The van der Waals surface area contributed by atoms with Crippen LogP contribution in [0.25, 0.3) is 5.82 Å². The van der Waals surface area contributed by atoms with Gasteiger partial charge >= 0.3 is 7.12 Å². The first kappa shape index (κ1) is 13.3. The number of pyridine rings is 1. The summed E-state index contributed by atoms with van der Waals surface area (Å²) in [5.41, 5.74) is -0.117. The first-order valence-corrected chi connectivity index (χ1v) is 6.58.